The van der Waals surface area contributed by atoms with Crippen molar-refractivity contribution < 1.29 is 5.11 Å². The molecule has 12 heavy (non-hydrogen) atoms. The molecule has 1 atom stereocenters. The van der Waals surface area contributed by atoms with E-state index in [9.17, 15) is 5.11 Å². The van der Waals surface area contributed by atoms with Crippen molar-refractivity contribution in [2.45, 2.75) is 18.9 Å². The molecule has 1 unspecified atom stereocenters. The Morgan fingerprint density at radius 1 is 1.58 bits per heavy atom. The standard InChI is InChI=1S/C8H13N3O/c9-4-1-2-8(12)7-3-5-10-6-11-7/h3,5-6,8,12H,1-2,4,9H2. The lowest BCUT2D eigenvalue weighted by Crippen LogP contribution is -2.05. The zero-order valence-electron chi connectivity index (χ0n) is 6.85. The number of aromatic nitrogens is 2. The maximum Gasteiger partial charge on any atom is 0.115 e. The molecule has 0 saturated heterocycles. The summed E-state index contributed by atoms with van der Waals surface area (Å²) >= 11 is 0. The van der Waals surface area contributed by atoms with Crippen molar-refractivity contribution in [2.24, 2.45) is 5.73 Å². The van der Waals surface area contributed by atoms with Gasteiger partial charge in [0.15, 0.2) is 0 Å². The van der Waals surface area contributed by atoms with Crippen molar-refractivity contribution >= 4 is 0 Å². The number of nitrogens with two attached hydrogens (primary N) is 1. The zero-order valence-corrected chi connectivity index (χ0v) is 6.85. The summed E-state index contributed by atoms with van der Waals surface area (Å²) in [7, 11) is 0. The van der Waals surface area contributed by atoms with Crippen LogP contribution in [0.2, 0.25) is 0 Å². The van der Waals surface area contributed by atoms with Gasteiger partial charge >= 0.3 is 0 Å². The SMILES string of the molecule is NCCCC(O)c1ccncn1. The first-order valence-corrected chi connectivity index (χ1v) is 3.98. The predicted octanol–water partition coefficient (Wildman–Crippen LogP) is 0.249. The summed E-state index contributed by atoms with van der Waals surface area (Å²) in [4.78, 5) is 7.69. The van der Waals surface area contributed by atoms with Gasteiger partial charge in [0.2, 0.25) is 0 Å². The van der Waals surface area contributed by atoms with E-state index in [0.717, 1.165) is 6.42 Å². The van der Waals surface area contributed by atoms with Gasteiger partial charge in [0.1, 0.15) is 6.33 Å². The first-order valence-electron chi connectivity index (χ1n) is 3.98. The van der Waals surface area contributed by atoms with E-state index in [1.807, 2.05) is 0 Å². The van der Waals surface area contributed by atoms with Gasteiger partial charge in [0, 0.05) is 6.20 Å². The van der Waals surface area contributed by atoms with E-state index in [1.165, 1.54) is 6.33 Å². The van der Waals surface area contributed by atoms with Crippen LogP contribution in [0.1, 0.15) is 24.6 Å². The molecule has 0 spiro atoms. The molecule has 4 nitrogen and oxygen atoms in total. The van der Waals surface area contributed by atoms with Crippen LogP contribution < -0.4 is 5.73 Å². The molecule has 1 rings (SSSR count). The van der Waals surface area contributed by atoms with Crippen molar-refractivity contribution in [3.8, 4) is 0 Å². The Morgan fingerprint density at radius 2 is 2.42 bits per heavy atom. The van der Waals surface area contributed by atoms with E-state index < -0.39 is 6.10 Å². The Balaban J connectivity index is 2.48. The van der Waals surface area contributed by atoms with Crippen LogP contribution in [0, 0.1) is 0 Å². The molecule has 0 saturated carbocycles. The van der Waals surface area contributed by atoms with E-state index in [4.69, 9.17) is 5.73 Å². The van der Waals surface area contributed by atoms with E-state index in [2.05, 4.69) is 9.97 Å². The summed E-state index contributed by atoms with van der Waals surface area (Å²) in [6, 6.07) is 1.71. The van der Waals surface area contributed by atoms with Crippen LogP contribution >= 0.6 is 0 Å². The van der Waals surface area contributed by atoms with Crippen molar-refractivity contribution in [2.75, 3.05) is 6.54 Å². The molecule has 0 amide bonds. The van der Waals surface area contributed by atoms with Gasteiger partial charge in [-0.25, -0.2) is 9.97 Å². The second-order valence-electron chi connectivity index (χ2n) is 2.58. The lowest BCUT2D eigenvalue weighted by molar-refractivity contribution is 0.160. The highest BCUT2D eigenvalue weighted by atomic mass is 16.3. The zero-order chi connectivity index (χ0) is 8.81. The van der Waals surface area contributed by atoms with Crippen molar-refractivity contribution in [1.82, 2.24) is 9.97 Å². The molecular formula is C8H13N3O. The third kappa shape index (κ3) is 2.56. The number of hydrogen-bond donors (Lipinski definition) is 2. The second kappa shape index (κ2) is 4.79. The first-order chi connectivity index (χ1) is 5.84. The Morgan fingerprint density at radius 3 is 3.00 bits per heavy atom. The van der Waals surface area contributed by atoms with Crippen LogP contribution in [0.3, 0.4) is 0 Å². The molecule has 0 radical (unpaired) electrons. The minimum absolute atomic E-state index is 0.503. The molecule has 1 aromatic heterocycles. The monoisotopic (exact) mass is 167 g/mol. The molecule has 1 aromatic rings. The second-order valence-corrected chi connectivity index (χ2v) is 2.58. The quantitative estimate of drug-likeness (QED) is 0.674. The molecule has 0 fully saturated rings. The highest BCUT2D eigenvalue weighted by molar-refractivity contribution is 5.01. The highest BCUT2D eigenvalue weighted by Gasteiger charge is 2.06. The molecule has 0 aliphatic carbocycles. The fourth-order valence-corrected chi connectivity index (χ4v) is 0.957. The van der Waals surface area contributed by atoms with Crippen LogP contribution in [-0.2, 0) is 0 Å². The third-order valence-corrected chi connectivity index (χ3v) is 1.63. The molecule has 1 heterocycles. The molecule has 3 N–H and O–H groups in total. The van der Waals surface area contributed by atoms with Crippen LogP contribution in [-0.4, -0.2) is 21.6 Å². The molecule has 0 bridgehead atoms. The fraction of sp³-hybridized carbons (Fsp3) is 0.500. The van der Waals surface area contributed by atoms with E-state index in [-0.39, 0.29) is 0 Å². The van der Waals surface area contributed by atoms with Gasteiger partial charge in [-0.05, 0) is 25.5 Å². The Hall–Kier alpha value is -1.00. The van der Waals surface area contributed by atoms with E-state index in [1.54, 1.807) is 12.3 Å². The lowest BCUT2D eigenvalue weighted by Gasteiger charge is -2.07. The van der Waals surface area contributed by atoms with Crippen molar-refractivity contribution in [3.05, 3.63) is 24.3 Å². The van der Waals surface area contributed by atoms with Gasteiger partial charge in [-0.15, -0.1) is 0 Å². The van der Waals surface area contributed by atoms with Crippen LogP contribution in [0.4, 0.5) is 0 Å². The summed E-state index contributed by atoms with van der Waals surface area (Å²) in [6.45, 7) is 0.599. The van der Waals surface area contributed by atoms with Gasteiger partial charge in [-0.3, -0.25) is 0 Å². The third-order valence-electron chi connectivity index (χ3n) is 1.63. The molecule has 0 aliphatic rings. The lowest BCUT2D eigenvalue weighted by atomic mass is 10.1. The number of aliphatic hydroxyl groups is 1. The highest BCUT2D eigenvalue weighted by Crippen LogP contribution is 2.13. The summed E-state index contributed by atoms with van der Waals surface area (Å²) in [5.74, 6) is 0. The van der Waals surface area contributed by atoms with Crippen LogP contribution in [0.5, 0.6) is 0 Å². The molecule has 0 aliphatic heterocycles. The first kappa shape index (κ1) is 9.09. The minimum Gasteiger partial charge on any atom is -0.387 e. The summed E-state index contributed by atoms with van der Waals surface area (Å²) in [5.41, 5.74) is 5.98. The Bertz CT molecular complexity index is 215. The van der Waals surface area contributed by atoms with Gasteiger partial charge in [0.05, 0.1) is 11.8 Å². The maximum atomic E-state index is 9.51. The van der Waals surface area contributed by atoms with Gasteiger partial charge < -0.3 is 10.8 Å². The average Bonchev–Trinajstić information content (AvgIpc) is 2.15. The largest absolute Gasteiger partial charge is 0.387 e. The predicted molar refractivity (Wildman–Crippen MR) is 45.3 cm³/mol. The summed E-state index contributed by atoms with van der Waals surface area (Å²) in [6.07, 6.45) is 4.02. The van der Waals surface area contributed by atoms with Gasteiger partial charge in [-0.2, -0.15) is 0 Å². The number of nitrogens with zero attached hydrogens (tertiary/aromatic N) is 2. The summed E-state index contributed by atoms with van der Waals surface area (Å²) < 4.78 is 0. The molecule has 4 heteroatoms. The minimum atomic E-state index is -0.503. The van der Waals surface area contributed by atoms with Gasteiger partial charge in [-0.1, -0.05) is 0 Å². The molecule has 66 valence electrons. The van der Waals surface area contributed by atoms with Crippen molar-refractivity contribution in [1.29, 1.82) is 0 Å². The molecular weight excluding hydrogens is 154 g/mol. The number of aliphatic hydroxyl groups excluding tert-OH is 1. The van der Waals surface area contributed by atoms with E-state index in [0.29, 0.717) is 18.7 Å². The smallest absolute Gasteiger partial charge is 0.115 e. The van der Waals surface area contributed by atoms with E-state index >= 15 is 0 Å². The number of hydrogen-bond acceptors (Lipinski definition) is 4. The number of rotatable bonds is 4. The molecule has 0 aromatic carbocycles. The van der Waals surface area contributed by atoms with Crippen LogP contribution in [0.15, 0.2) is 18.6 Å². The summed E-state index contributed by atoms with van der Waals surface area (Å²) in [5, 5.41) is 9.51. The normalized spacial score (nSPS) is 12.8. The van der Waals surface area contributed by atoms with Gasteiger partial charge in [0.25, 0.3) is 0 Å². The Kier molecular flexibility index (Phi) is 3.63. The topological polar surface area (TPSA) is 72.0 Å². The average molecular weight is 167 g/mol. The Labute approximate surface area is 71.5 Å². The fourth-order valence-electron chi connectivity index (χ4n) is 0.957. The van der Waals surface area contributed by atoms with Crippen LogP contribution in [0.25, 0.3) is 0 Å². The van der Waals surface area contributed by atoms with Crippen molar-refractivity contribution in [3.63, 3.8) is 0 Å². The maximum absolute atomic E-state index is 9.51.